The zero-order valence-electron chi connectivity index (χ0n) is 14.9. The lowest BCUT2D eigenvalue weighted by atomic mass is 10.1. The first-order chi connectivity index (χ1) is 12.6. The Morgan fingerprint density at radius 1 is 1.23 bits per heavy atom. The number of aromatic nitrogens is 1. The van der Waals surface area contributed by atoms with Gasteiger partial charge in [-0.1, -0.05) is 36.4 Å². The van der Waals surface area contributed by atoms with Gasteiger partial charge in [0.25, 0.3) is 0 Å². The highest BCUT2D eigenvalue weighted by atomic mass is 16.2. The van der Waals surface area contributed by atoms with Crippen LogP contribution in [-0.2, 0) is 16.1 Å². The Morgan fingerprint density at radius 3 is 2.73 bits per heavy atom. The monoisotopic (exact) mass is 349 g/mol. The van der Waals surface area contributed by atoms with Crippen LogP contribution in [0.3, 0.4) is 0 Å². The Hall–Kier alpha value is -2.95. The highest BCUT2D eigenvalue weighted by molar-refractivity contribution is 5.92. The molecule has 1 N–H and O–H groups in total. The van der Waals surface area contributed by atoms with Gasteiger partial charge in [-0.25, -0.2) is 0 Å². The van der Waals surface area contributed by atoms with Crippen LogP contribution in [0.4, 0.5) is 0 Å². The molecule has 1 fully saturated rings. The topological polar surface area (TPSA) is 62.3 Å². The Bertz CT molecular complexity index is 785. The molecular weight excluding hydrogens is 326 g/mol. The summed E-state index contributed by atoms with van der Waals surface area (Å²) in [6, 6.07) is 13.7. The molecule has 0 saturated carbocycles. The summed E-state index contributed by atoms with van der Waals surface area (Å²) < 4.78 is 0. The summed E-state index contributed by atoms with van der Waals surface area (Å²) in [4.78, 5) is 30.0. The van der Waals surface area contributed by atoms with Gasteiger partial charge in [-0.2, -0.15) is 0 Å². The fourth-order valence-electron chi connectivity index (χ4n) is 3.13. The molecule has 134 valence electrons. The number of hydrogen-bond donors (Lipinski definition) is 1. The minimum Gasteiger partial charge on any atom is -0.352 e. The Morgan fingerprint density at radius 2 is 2.04 bits per heavy atom. The van der Waals surface area contributed by atoms with Crippen LogP contribution in [0.1, 0.15) is 42.6 Å². The van der Waals surface area contributed by atoms with Crippen molar-refractivity contribution in [3.8, 4) is 0 Å². The first kappa shape index (κ1) is 17.9. The van der Waals surface area contributed by atoms with Crippen LogP contribution in [0.5, 0.6) is 0 Å². The number of pyridine rings is 1. The molecule has 1 aliphatic rings. The van der Waals surface area contributed by atoms with Crippen molar-refractivity contribution in [2.45, 2.75) is 32.4 Å². The fraction of sp³-hybridized carbons (Fsp3) is 0.286. The van der Waals surface area contributed by atoms with E-state index >= 15 is 0 Å². The highest BCUT2D eigenvalue weighted by Crippen LogP contribution is 2.31. The Balaban J connectivity index is 1.66. The van der Waals surface area contributed by atoms with Crippen LogP contribution in [0.15, 0.2) is 54.7 Å². The summed E-state index contributed by atoms with van der Waals surface area (Å²) in [7, 11) is 0. The number of benzene rings is 1. The molecular formula is C21H23N3O2. The van der Waals surface area contributed by atoms with Crippen LogP contribution >= 0.6 is 0 Å². The summed E-state index contributed by atoms with van der Waals surface area (Å²) in [5, 5.41) is 2.76. The first-order valence-electron chi connectivity index (χ1n) is 8.86. The van der Waals surface area contributed by atoms with E-state index in [4.69, 9.17) is 0 Å². The van der Waals surface area contributed by atoms with E-state index in [-0.39, 0.29) is 17.9 Å². The van der Waals surface area contributed by atoms with E-state index in [1.807, 2.05) is 53.4 Å². The molecule has 0 radical (unpaired) electrons. The fourth-order valence-corrected chi connectivity index (χ4v) is 3.13. The molecule has 0 bridgehead atoms. The second kappa shape index (κ2) is 8.43. The van der Waals surface area contributed by atoms with E-state index in [1.54, 1.807) is 12.3 Å². The van der Waals surface area contributed by atoms with Crippen molar-refractivity contribution in [1.82, 2.24) is 15.2 Å². The molecule has 1 aromatic carbocycles. The standard InChI is InChI=1S/C21H23N3O2/c1-16(25)22-14-18-9-11-19(23-15-18)20-8-5-13-24(20)21(26)12-10-17-6-3-2-4-7-17/h2-4,6-7,9-12,15,20H,5,8,13-14H2,1H3,(H,22,25)/b12-10+/t20-/m0/s1. The summed E-state index contributed by atoms with van der Waals surface area (Å²) in [6.07, 6.45) is 7.15. The average molecular weight is 349 g/mol. The van der Waals surface area contributed by atoms with Crippen molar-refractivity contribution >= 4 is 17.9 Å². The molecule has 1 saturated heterocycles. The maximum Gasteiger partial charge on any atom is 0.247 e. The van der Waals surface area contributed by atoms with Gasteiger partial charge in [0.05, 0.1) is 11.7 Å². The lowest BCUT2D eigenvalue weighted by Crippen LogP contribution is -2.29. The molecule has 3 rings (SSSR count). The largest absolute Gasteiger partial charge is 0.352 e. The van der Waals surface area contributed by atoms with Crippen LogP contribution in [0, 0.1) is 0 Å². The van der Waals surface area contributed by atoms with Gasteiger partial charge in [0.15, 0.2) is 0 Å². The van der Waals surface area contributed by atoms with Crippen molar-refractivity contribution in [3.05, 3.63) is 71.6 Å². The molecule has 5 heteroatoms. The number of amides is 2. The SMILES string of the molecule is CC(=O)NCc1ccc([C@@H]2CCCN2C(=O)/C=C/c2ccccc2)nc1. The third-order valence-corrected chi connectivity index (χ3v) is 4.48. The van der Waals surface area contributed by atoms with E-state index in [9.17, 15) is 9.59 Å². The number of carbonyl (C=O) groups is 2. The first-order valence-corrected chi connectivity index (χ1v) is 8.86. The van der Waals surface area contributed by atoms with E-state index in [2.05, 4.69) is 10.3 Å². The van der Waals surface area contributed by atoms with E-state index in [0.29, 0.717) is 6.54 Å². The number of carbonyl (C=O) groups excluding carboxylic acids is 2. The van der Waals surface area contributed by atoms with Crippen molar-refractivity contribution in [2.75, 3.05) is 6.54 Å². The molecule has 0 aliphatic carbocycles. The lowest BCUT2D eigenvalue weighted by Gasteiger charge is -2.23. The van der Waals surface area contributed by atoms with Gasteiger partial charge in [0.1, 0.15) is 0 Å². The number of likely N-dealkylation sites (tertiary alicyclic amines) is 1. The number of nitrogens with one attached hydrogen (secondary N) is 1. The van der Waals surface area contributed by atoms with E-state index in [0.717, 1.165) is 36.2 Å². The molecule has 5 nitrogen and oxygen atoms in total. The summed E-state index contributed by atoms with van der Waals surface area (Å²) in [5.41, 5.74) is 2.86. The summed E-state index contributed by atoms with van der Waals surface area (Å²) >= 11 is 0. The van der Waals surface area contributed by atoms with Gasteiger partial charge in [-0.05, 0) is 36.1 Å². The lowest BCUT2D eigenvalue weighted by molar-refractivity contribution is -0.127. The van der Waals surface area contributed by atoms with Crippen LogP contribution < -0.4 is 5.32 Å². The predicted octanol–water partition coefficient (Wildman–Crippen LogP) is 3.09. The van der Waals surface area contributed by atoms with Gasteiger partial charge >= 0.3 is 0 Å². The van der Waals surface area contributed by atoms with Crippen LogP contribution in [-0.4, -0.2) is 28.2 Å². The van der Waals surface area contributed by atoms with Crippen molar-refractivity contribution < 1.29 is 9.59 Å². The predicted molar refractivity (Wildman–Crippen MR) is 101 cm³/mol. The second-order valence-corrected chi connectivity index (χ2v) is 6.43. The quantitative estimate of drug-likeness (QED) is 0.844. The second-order valence-electron chi connectivity index (χ2n) is 6.43. The van der Waals surface area contributed by atoms with Gasteiger partial charge in [-0.15, -0.1) is 0 Å². The van der Waals surface area contributed by atoms with Crippen molar-refractivity contribution in [1.29, 1.82) is 0 Å². The van der Waals surface area contributed by atoms with Gasteiger partial charge < -0.3 is 10.2 Å². The minimum atomic E-state index is -0.0631. The average Bonchev–Trinajstić information content (AvgIpc) is 3.15. The molecule has 2 heterocycles. The Labute approximate surface area is 153 Å². The van der Waals surface area contributed by atoms with Gasteiger partial charge in [0, 0.05) is 32.3 Å². The third kappa shape index (κ3) is 4.57. The highest BCUT2D eigenvalue weighted by Gasteiger charge is 2.29. The van der Waals surface area contributed by atoms with Gasteiger partial charge in [0.2, 0.25) is 11.8 Å². The minimum absolute atomic E-state index is 0.0118. The van der Waals surface area contributed by atoms with Gasteiger partial charge in [-0.3, -0.25) is 14.6 Å². The van der Waals surface area contributed by atoms with Crippen molar-refractivity contribution in [2.24, 2.45) is 0 Å². The van der Waals surface area contributed by atoms with Crippen LogP contribution in [0.25, 0.3) is 6.08 Å². The summed E-state index contributed by atoms with van der Waals surface area (Å²) in [5.74, 6) is -0.0488. The molecule has 0 spiro atoms. The van der Waals surface area contributed by atoms with Crippen molar-refractivity contribution in [3.63, 3.8) is 0 Å². The maximum absolute atomic E-state index is 12.6. The number of nitrogens with zero attached hydrogens (tertiary/aromatic N) is 2. The molecule has 2 aromatic rings. The normalized spacial score (nSPS) is 16.8. The molecule has 2 amide bonds. The van der Waals surface area contributed by atoms with E-state index in [1.165, 1.54) is 6.92 Å². The molecule has 0 unspecified atom stereocenters. The maximum atomic E-state index is 12.6. The summed E-state index contributed by atoms with van der Waals surface area (Å²) in [6.45, 7) is 2.71. The molecule has 1 aromatic heterocycles. The zero-order chi connectivity index (χ0) is 18.4. The molecule has 1 aliphatic heterocycles. The third-order valence-electron chi connectivity index (χ3n) is 4.48. The van der Waals surface area contributed by atoms with Crippen LogP contribution in [0.2, 0.25) is 0 Å². The zero-order valence-corrected chi connectivity index (χ0v) is 14.9. The number of hydrogen-bond acceptors (Lipinski definition) is 3. The smallest absolute Gasteiger partial charge is 0.247 e. The molecule has 1 atom stereocenters. The number of rotatable bonds is 5. The molecule has 26 heavy (non-hydrogen) atoms. The Kier molecular flexibility index (Phi) is 5.79. The van der Waals surface area contributed by atoms with E-state index < -0.39 is 0 Å².